The molecule has 0 saturated heterocycles. The van der Waals surface area contributed by atoms with E-state index in [9.17, 15) is 4.79 Å². The van der Waals surface area contributed by atoms with E-state index in [4.69, 9.17) is 4.74 Å². The highest BCUT2D eigenvalue weighted by Gasteiger charge is 2.03. The van der Waals surface area contributed by atoms with Gasteiger partial charge in [0.05, 0.1) is 12.0 Å². The van der Waals surface area contributed by atoms with Crippen LogP contribution in [0.4, 0.5) is 0 Å². The molecule has 0 unspecified atom stereocenters. The van der Waals surface area contributed by atoms with Crippen molar-refractivity contribution in [2.24, 2.45) is 5.10 Å². The van der Waals surface area contributed by atoms with Crippen molar-refractivity contribution in [2.75, 3.05) is 5.75 Å². The second kappa shape index (κ2) is 11.7. The number of amides is 1. The molecular formula is C27H23BrN2O2S. The highest BCUT2D eigenvalue weighted by Crippen LogP contribution is 2.21. The summed E-state index contributed by atoms with van der Waals surface area (Å²) in [5.41, 5.74) is 5.79. The third-order valence-corrected chi connectivity index (χ3v) is 6.45. The van der Waals surface area contributed by atoms with Crippen molar-refractivity contribution >= 4 is 50.6 Å². The smallest absolute Gasteiger partial charge is 0.250 e. The maximum atomic E-state index is 12.0. The van der Waals surface area contributed by atoms with Crippen LogP contribution in [0.25, 0.3) is 10.8 Å². The number of nitrogens with zero attached hydrogens (tertiary/aromatic N) is 1. The number of carbonyl (C=O) groups excluding carboxylic acids is 1. The van der Waals surface area contributed by atoms with E-state index < -0.39 is 0 Å². The van der Waals surface area contributed by atoms with E-state index in [0.29, 0.717) is 12.4 Å². The molecule has 0 aliphatic rings. The third-order valence-electron chi connectivity index (χ3n) is 4.95. The molecule has 0 spiro atoms. The lowest BCUT2D eigenvalue weighted by Crippen LogP contribution is -2.19. The number of fused-ring (bicyclic) bond motifs is 1. The Labute approximate surface area is 206 Å². The van der Waals surface area contributed by atoms with E-state index in [2.05, 4.69) is 56.8 Å². The van der Waals surface area contributed by atoms with Gasteiger partial charge in [-0.3, -0.25) is 4.79 Å². The predicted molar refractivity (Wildman–Crippen MR) is 141 cm³/mol. The van der Waals surface area contributed by atoms with E-state index in [1.54, 1.807) is 18.0 Å². The predicted octanol–water partition coefficient (Wildman–Crippen LogP) is 6.56. The molecule has 4 aromatic rings. The summed E-state index contributed by atoms with van der Waals surface area (Å²) in [6.07, 6.45) is 1.63. The quantitative estimate of drug-likeness (QED) is 0.201. The number of hydrazone groups is 1. The van der Waals surface area contributed by atoms with Crippen molar-refractivity contribution in [3.8, 4) is 5.75 Å². The van der Waals surface area contributed by atoms with Crippen molar-refractivity contribution in [1.29, 1.82) is 0 Å². The fourth-order valence-electron chi connectivity index (χ4n) is 3.33. The monoisotopic (exact) mass is 518 g/mol. The van der Waals surface area contributed by atoms with E-state index in [1.165, 1.54) is 16.3 Å². The zero-order valence-electron chi connectivity index (χ0n) is 17.9. The molecule has 0 saturated carbocycles. The Balaban J connectivity index is 1.22. The van der Waals surface area contributed by atoms with E-state index in [0.717, 1.165) is 27.1 Å². The Morgan fingerprint density at radius 3 is 2.61 bits per heavy atom. The van der Waals surface area contributed by atoms with E-state index in [-0.39, 0.29) is 5.91 Å². The summed E-state index contributed by atoms with van der Waals surface area (Å²) in [5.74, 6) is 1.79. The number of carbonyl (C=O) groups is 1. The lowest BCUT2D eigenvalue weighted by molar-refractivity contribution is -0.118. The van der Waals surface area contributed by atoms with Gasteiger partial charge in [-0.1, -0.05) is 70.5 Å². The topological polar surface area (TPSA) is 50.7 Å². The fraction of sp³-hybridized carbons (Fsp3) is 0.111. The van der Waals surface area contributed by atoms with Crippen LogP contribution in [0, 0.1) is 0 Å². The maximum Gasteiger partial charge on any atom is 0.250 e. The summed E-state index contributed by atoms with van der Waals surface area (Å²) >= 11 is 5.01. The van der Waals surface area contributed by atoms with Crippen LogP contribution in [0.3, 0.4) is 0 Å². The highest BCUT2D eigenvalue weighted by molar-refractivity contribution is 9.10. The fourth-order valence-corrected chi connectivity index (χ4v) is 4.54. The molecule has 0 bridgehead atoms. The molecule has 1 N–H and O–H groups in total. The molecule has 0 aliphatic heterocycles. The molecule has 4 rings (SSSR count). The molecular weight excluding hydrogens is 496 g/mol. The van der Waals surface area contributed by atoms with Crippen molar-refractivity contribution in [1.82, 2.24) is 5.43 Å². The standard InChI is InChI=1S/C27H23BrN2O2S/c28-24-9-3-5-21(15-24)18-33-19-27(31)30-29-16-20-11-13-25(14-12-20)32-17-23-8-4-7-22-6-1-2-10-26(22)23/h1-16H,17-19H2,(H,30,31)/b29-16-. The first-order valence-corrected chi connectivity index (χ1v) is 12.5. The third kappa shape index (κ3) is 6.94. The van der Waals surface area contributed by atoms with Gasteiger partial charge in [0.1, 0.15) is 12.4 Å². The first-order valence-electron chi connectivity index (χ1n) is 10.5. The maximum absolute atomic E-state index is 12.0. The van der Waals surface area contributed by atoms with Crippen LogP contribution < -0.4 is 10.2 Å². The van der Waals surface area contributed by atoms with Crippen LogP contribution >= 0.6 is 27.7 Å². The second-order valence-corrected chi connectivity index (χ2v) is 9.31. The van der Waals surface area contributed by atoms with Crippen molar-refractivity contribution in [2.45, 2.75) is 12.4 Å². The van der Waals surface area contributed by atoms with Crippen LogP contribution in [0.15, 0.2) is 101 Å². The van der Waals surface area contributed by atoms with Gasteiger partial charge in [0, 0.05) is 10.2 Å². The molecule has 0 radical (unpaired) electrons. The molecule has 6 heteroatoms. The van der Waals surface area contributed by atoms with Gasteiger partial charge in [0.25, 0.3) is 0 Å². The van der Waals surface area contributed by atoms with Crippen molar-refractivity contribution < 1.29 is 9.53 Å². The summed E-state index contributed by atoms with van der Waals surface area (Å²) in [6, 6.07) is 30.2. The minimum atomic E-state index is -0.124. The Morgan fingerprint density at radius 1 is 0.970 bits per heavy atom. The normalized spacial score (nSPS) is 11.1. The summed E-state index contributed by atoms with van der Waals surface area (Å²) in [6.45, 7) is 0.502. The van der Waals surface area contributed by atoms with Crippen molar-refractivity contribution in [3.63, 3.8) is 0 Å². The molecule has 0 aliphatic carbocycles. The van der Waals surface area contributed by atoms with Crippen LogP contribution in [0.2, 0.25) is 0 Å². The van der Waals surface area contributed by atoms with Gasteiger partial charge >= 0.3 is 0 Å². The number of ether oxygens (including phenoxy) is 1. The summed E-state index contributed by atoms with van der Waals surface area (Å²) in [7, 11) is 0. The summed E-state index contributed by atoms with van der Waals surface area (Å²) in [4.78, 5) is 12.0. The van der Waals surface area contributed by atoms with Gasteiger partial charge in [-0.2, -0.15) is 5.10 Å². The molecule has 33 heavy (non-hydrogen) atoms. The molecule has 4 aromatic carbocycles. The van der Waals surface area contributed by atoms with E-state index in [1.807, 2.05) is 60.7 Å². The minimum absolute atomic E-state index is 0.124. The second-order valence-electron chi connectivity index (χ2n) is 7.41. The van der Waals surface area contributed by atoms with Crippen LogP contribution in [-0.4, -0.2) is 17.9 Å². The SMILES string of the molecule is O=C(CSCc1cccc(Br)c1)N/N=C\c1ccc(OCc2cccc3ccccc23)cc1. The average molecular weight is 519 g/mol. The molecule has 0 atom stereocenters. The number of hydrogen-bond acceptors (Lipinski definition) is 4. The molecule has 1 amide bonds. The van der Waals surface area contributed by atoms with Crippen LogP contribution in [0.5, 0.6) is 5.75 Å². The lowest BCUT2D eigenvalue weighted by Gasteiger charge is -2.09. The number of hydrogen-bond donors (Lipinski definition) is 1. The molecule has 0 aromatic heterocycles. The number of halogens is 1. The van der Waals surface area contributed by atoms with Gasteiger partial charge in [-0.15, -0.1) is 11.8 Å². The van der Waals surface area contributed by atoms with Crippen molar-refractivity contribution in [3.05, 3.63) is 112 Å². The Morgan fingerprint density at radius 2 is 1.76 bits per heavy atom. The lowest BCUT2D eigenvalue weighted by atomic mass is 10.1. The Kier molecular flexibility index (Phi) is 8.17. The number of nitrogens with one attached hydrogen (secondary N) is 1. The summed E-state index contributed by atoms with van der Waals surface area (Å²) in [5, 5.41) is 6.46. The molecule has 4 nitrogen and oxygen atoms in total. The van der Waals surface area contributed by atoms with Gasteiger partial charge in [0.2, 0.25) is 5.91 Å². The highest BCUT2D eigenvalue weighted by atomic mass is 79.9. The molecule has 166 valence electrons. The Hall–Kier alpha value is -3.09. The number of thioether (sulfide) groups is 1. The number of rotatable bonds is 9. The van der Waals surface area contributed by atoms with E-state index >= 15 is 0 Å². The molecule has 0 heterocycles. The van der Waals surface area contributed by atoms with Crippen LogP contribution in [0.1, 0.15) is 16.7 Å². The molecule has 0 fully saturated rings. The van der Waals surface area contributed by atoms with Gasteiger partial charge in [0.15, 0.2) is 0 Å². The zero-order chi connectivity index (χ0) is 22.9. The zero-order valence-corrected chi connectivity index (χ0v) is 20.3. The van der Waals surface area contributed by atoms with Gasteiger partial charge < -0.3 is 4.74 Å². The minimum Gasteiger partial charge on any atom is -0.489 e. The first-order chi connectivity index (χ1) is 16.2. The van der Waals surface area contributed by atoms with Gasteiger partial charge in [-0.05, 0) is 63.9 Å². The number of benzene rings is 4. The van der Waals surface area contributed by atoms with Gasteiger partial charge in [-0.25, -0.2) is 5.43 Å². The summed E-state index contributed by atoms with van der Waals surface area (Å²) < 4.78 is 7.01. The Bertz CT molecular complexity index is 1250. The van der Waals surface area contributed by atoms with Crippen LogP contribution in [-0.2, 0) is 17.2 Å². The average Bonchev–Trinajstić information content (AvgIpc) is 2.83. The largest absolute Gasteiger partial charge is 0.489 e. The first kappa shape index (κ1) is 23.1.